The lowest BCUT2D eigenvalue weighted by Crippen LogP contribution is -2.08. The maximum atomic E-state index is 9.78. The van der Waals surface area contributed by atoms with Gasteiger partial charge in [0, 0.05) is 18.0 Å². The number of aromatic hydroxyl groups is 1. The van der Waals surface area contributed by atoms with Crippen molar-refractivity contribution in [1.82, 2.24) is 4.98 Å². The molecule has 1 atom stereocenters. The summed E-state index contributed by atoms with van der Waals surface area (Å²) in [6.07, 6.45) is 3.90. The van der Waals surface area contributed by atoms with Crippen LogP contribution in [0.3, 0.4) is 0 Å². The number of pyridine rings is 1. The van der Waals surface area contributed by atoms with E-state index in [1.165, 1.54) is 5.56 Å². The summed E-state index contributed by atoms with van der Waals surface area (Å²) in [7, 11) is 1.54. The van der Waals surface area contributed by atoms with Gasteiger partial charge in [0.2, 0.25) is 0 Å². The first-order chi connectivity index (χ1) is 9.28. The summed E-state index contributed by atoms with van der Waals surface area (Å²) < 4.78 is 5.04. The van der Waals surface area contributed by atoms with Gasteiger partial charge in [0.15, 0.2) is 11.5 Å². The number of phenols is 1. The summed E-state index contributed by atoms with van der Waals surface area (Å²) in [5.41, 5.74) is 3.29. The zero-order valence-corrected chi connectivity index (χ0v) is 10.8. The van der Waals surface area contributed by atoms with Crippen LogP contribution in [0.1, 0.15) is 23.7 Å². The van der Waals surface area contributed by atoms with Crippen molar-refractivity contribution < 1.29 is 9.84 Å². The van der Waals surface area contributed by atoms with Gasteiger partial charge in [-0.25, -0.2) is 0 Å². The van der Waals surface area contributed by atoms with E-state index in [4.69, 9.17) is 4.74 Å². The fourth-order valence-corrected chi connectivity index (χ4v) is 2.53. The van der Waals surface area contributed by atoms with Gasteiger partial charge in [0.1, 0.15) is 0 Å². The van der Waals surface area contributed by atoms with Crippen molar-refractivity contribution in [2.45, 2.75) is 18.9 Å². The molecule has 1 aromatic heterocycles. The first kappa shape index (κ1) is 11.8. The molecule has 1 aliphatic carbocycles. The number of hydrogen-bond donors (Lipinski definition) is 2. The molecule has 0 saturated heterocycles. The van der Waals surface area contributed by atoms with E-state index in [9.17, 15) is 5.11 Å². The molecule has 19 heavy (non-hydrogen) atoms. The molecule has 1 aromatic carbocycles. The van der Waals surface area contributed by atoms with Crippen molar-refractivity contribution in [3.63, 3.8) is 0 Å². The third-order valence-corrected chi connectivity index (χ3v) is 3.48. The summed E-state index contributed by atoms with van der Waals surface area (Å²) in [6.45, 7) is 0. The molecule has 0 spiro atoms. The van der Waals surface area contributed by atoms with Crippen molar-refractivity contribution in [1.29, 1.82) is 0 Å². The van der Waals surface area contributed by atoms with Gasteiger partial charge in [-0.05, 0) is 36.6 Å². The van der Waals surface area contributed by atoms with Crippen molar-refractivity contribution in [2.75, 3.05) is 12.4 Å². The van der Waals surface area contributed by atoms with E-state index in [2.05, 4.69) is 16.4 Å². The van der Waals surface area contributed by atoms with Gasteiger partial charge in [-0.2, -0.15) is 0 Å². The molecule has 0 amide bonds. The predicted molar refractivity (Wildman–Crippen MR) is 73.6 cm³/mol. The Bertz CT molecular complexity index is 598. The lowest BCUT2D eigenvalue weighted by molar-refractivity contribution is 0.373. The first-order valence-corrected chi connectivity index (χ1v) is 6.35. The van der Waals surface area contributed by atoms with E-state index in [1.54, 1.807) is 19.2 Å². The lowest BCUT2D eigenvalue weighted by Gasteiger charge is -2.15. The van der Waals surface area contributed by atoms with E-state index in [1.807, 2.05) is 18.3 Å². The first-order valence-electron chi connectivity index (χ1n) is 6.35. The minimum Gasteiger partial charge on any atom is -0.504 e. The van der Waals surface area contributed by atoms with Crippen LogP contribution in [0.15, 0.2) is 36.5 Å². The van der Waals surface area contributed by atoms with Gasteiger partial charge in [-0.15, -0.1) is 0 Å². The smallest absolute Gasteiger partial charge is 0.160 e. The molecule has 1 heterocycles. The number of rotatable bonds is 3. The Balaban J connectivity index is 1.81. The zero-order valence-electron chi connectivity index (χ0n) is 10.8. The number of nitrogens with one attached hydrogen (secondary N) is 1. The van der Waals surface area contributed by atoms with Crippen molar-refractivity contribution in [3.8, 4) is 11.5 Å². The SMILES string of the molecule is COc1ccc(NC2CCc3cccnc32)cc1O. The largest absolute Gasteiger partial charge is 0.504 e. The molecule has 4 heteroatoms. The average molecular weight is 256 g/mol. The van der Waals surface area contributed by atoms with Crippen LogP contribution in [0.25, 0.3) is 0 Å². The van der Waals surface area contributed by atoms with Crippen LogP contribution in [0, 0.1) is 0 Å². The van der Waals surface area contributed by atoms with Crippen LogP contribution in [-0.4, -0.2) is 17.2 Å². The number of hydrogen-bond acceptors (Lipinski definition) is 4. The third-order valence-electron chi connectivity index (χ3n) is 3.48. The second-order valence-electron chi connectivity index (χ2n) is 4.67. The third kappa shape index (κ3) is 2.21. The molecule has 0 fully saturated rings. The average Bonchev–Trinajstić information content (AvgIpc) is 2.83. The van der Waals surface area contributed by atoms with E-state index in [0.717, 1.165) is 24.2 Å². The molecule has 0 saturated carbocycles. The number of anilines is 1. The van der Waals surface area contributed by atoms with E-state index >= 15 is 0 Å². The highest BCUT2D eigenvalue weighted by Crippen LogP contribution is 2.34. The Morgan fingerprint density at radius 1 is 1.37 bits per heavy atom. The van der Waals surface area contributed by atoms with Crippen LogP contribution < -0.4 is 10.1 Å². The van der Waals surface area contributed by atoms with Gasteiger partial charge in [-0.1, -0.05) is 6.07 Å². The molecule has 1 unspecified atom stereocenters. The predicted octanol–water partition coefficient (Wildman–Crippen LogP) is 2.90. The monoisotopic (exact) mass is 256 g/mol. The van der Waals surface area contributed by atoms with Crippen molar-refractivity contribution >= 4 is 5.69 Å². The Morgan fingerprint density at radius 2 is 2.26 bits per heavy atom. The van der Waals surface area contributed by atoms with Crippen LogP contribution in [0.2, 0.25) is 0 Å². The molecule has 2 aromatic rings. The number of aromatic nitrogens is 1. The Labute approximate surface area is 112 Å². The minimum absolute atomic E-state index is 0.145. The Kier molecular flexibility index (Phi) is 2.99. The summed E-state index contributed by atoms with van der Waals surface area (Å²) >= 11 is 0. The molecule has 4 nitrogen and oxygen atoms in total. The van der Waals surface area contributed by atoms with Crippen molar-refractivity contribution in [2.24, 2.45) is 0 Å². The molecule has 3 rings (SSSR count). The van der Waals surface area contributed by atoms with Gasteiger partial charge < -0.3 is 15.2 Å². The van der Waals surface area contributed by atoms with Crippen molar-refractivity contribution in [3.05, 3.63) is 47.8 Å². The Hall–Kier alpha value is -2.23. The Morgan fingerprint density at radius 3 is 3.05 bits per heavy atom. The maximum Gasteiger partial charge on any atom is 0.160 e. The zero-order chi connectivity index (χ0) is 13.2. The topological polar surface area (TPSA) is 54.4 Å². The highest BCUT2D eigenvalue weighted by Gasteiger charge is 2.23. The van der Waals surface area contributed by atoms with Gasteiger partial charge in [0.05, 0.1) is 18.8 Å². The molecule has 2 N–H and O–H groups in total. The molecule has 0 aliphatic heterocycles. The van der Waals surface area contributed by atoms with E-state index in [-0.39, 0.29) is 11.8 Å². The summed E-state index contributed by atoms with van der Waals surface area (Å²) in [5.74, 6) is 0.627. The quantitative estimate of drug-likeness (QED) is 0.886. The standard InChI is InChI=1S/C15H16N2O2/c1-19-14-7-5-11(9-13(14)18)17-12-6-4-10-3-2-8-16-15(10)12/h2-3,5,7-9,12,17-18H,4,6H2,1H3. The highest BCUT2D eigenvalue weighted by atomic mass is 16.5. The second-order valence-corrected chi connectivity index (χ2v) is 4.67. The van der Waals surface area contributed by atoms with Crippen LogP contribution >= 0.6 is 0 Å². The van der Waals surface area contributed by atoms with Gasteiger partial charge >= 0.3 is 0 Å². The van der Waals surface area contributed by atoms with Crippen LogP contribution in [-0.2, 0) is 6.42 Å². The normalized spacial score (nSPS) is 17.0. The minimum atomic E-state index is 0.145. The fourth-order valence-electron chi connectivity index (χ4n) is 2.53. The second kappa shape index (κ2) is 4.80. The van der Waals surface area contributed by atoms with Gasteiger partial charge in [0.25, 0.3) is 0 Å². The summed E-state index contributed by atoms with van der Waals surface area (Å²) in [6, 6.07) is 9.64. The molecule has 1 aliphatic rings. The molecule has 0 bridgehead atoms. The van der Waals surface area contributed by atoms with Gasteiger partial charge in [-0.3, -0.25) is 4.98 Å². The highest BCUT2D eigenvalue weighted by molar-refractivity contribution is 5.55. The fraction of sp³-hybridized carbons (Fsp3) is 0.267. The van der Waals surface area contributed by atoms with Crippen LogP contribution in [0.4, 0.5) is 5.69 Å². The molecular formula is C15H16N2O2. The number of phenolic OH excluding ortho intramolecular Hbond substituents is 1. The van der Waals surface area contributed by atoms with E-state index in [0.29, 0.717) is 5.75 Å². The molecule has 98 valence electrons. The lowest BCUT2D eigenvalue weighted by atomic mass is 10.2. The van der Waals surface area contributed by atoms with E-state index < -0.39 is 0 Å². The number of methoxy groups -OCH3 is 1. The summed E-state index contributed by atoms with van der Waals surface area (Å²) in [4.78, 5) is 4.44. The molecule has 0 radical (unpaired) electrons. The number of aryl methyl sites for hydroxylation is 1. The number of fused-ring (bicyclic) bond motifs is 1. The number of benzene rings is 1. The molecular weight excluding hydrogens is 240 g/mol. The number of ether oxygens (including phenoxy) is 1. The summed E-state index contributed by atoms with van der Waals surface area (Å²) in [5, 5.41) is 13.2. The number of nitrogens with zero attached hydrogens (tertiary/aromatic N) is 1. The van der Waals surface area contributed by atoms with Crippen LogP contribution in [0.5, 0.6) is 11.5 Å². The maximum absolute atomic E-state index is 9.78.